The molecular weight excluding hydrogens is 296 g/mol. The molecule has 3 heterocycles. The van der Waals surface area contributed by atoms with Gasteiger partial charge in [-0.3, -0.25) is 4.79 Å². The molecule has 0 saturated carbocycles. The highest BCUT2D eigenvalue weighted by Crippen LogP contribution is 2.24. The smallest absolute Gasteiger partial charge is 0.244 e. The number of aromatic nitrogens is 4. The van der Waals surface area contributed by atoms with Crippen LogP contribution in [-0.4, -0.2) is 50.8 Å². The maximum Gasteiger partial charge on any atom is 0.244 e. The Labute approximate surface area is 134 Å². The lowest BCUT2D eigenvalue weighted by Gasteiger charge is -2.35. The Morgan fingerprint density at radius 3 is 2.70 bits per heavy atom. The molecule has 8 nitrogen and oxygen atoms in total. The van der Waals surface area contributed by atoms with Crippen LogP contribution in [0.15, 0.2) is 6.20 Å². The van der Waals surface area contributed by atoms with Crippen LogP contribution in [0.25, 0.3) is 11.0 Å². The van der Waals surface area contributed by atoms with E-state index in [0.717, 1.165) is 19.5 Å². The summed E-state index contributed by atoms with van der Waals surface area (Å²) in [4.78, 5) is 22.7. The predicted molar refractivity (Wildman–Crippen MR) is 85.8 cm³/mol. The SMILES string of the molecule is COc1nc(N)nc2c1cnn2CC(=O)N1CC(C)CC(C)C1. The summed E-state index contributed by atoms with van der Waals surface area (Å²) in [5.41, 5.74) is 6.21. The van der Waals surface area contributed by atoms with Gasteiger partial charge in [0.25, 0.3) is 0 Å². The van der Waals surface area contributed by atoms with Gasteiger partial charge in [0.15, 0.2) is 5.65 Å². The highest BCUT2D eigenvalue weighted by Gasteiger charge is 2.26. The second kappa shape index (κ2) is 6.02. The first-order chi connectivity index (χ1) is 11.0. The molecule has 1 aliphatic rings. The number of carbonyl (C=O) groups excluding carboxylic acids is 1. The lowest BCUT2D eigenvalue weighted by Crippen LogP contribution is -2.44. The van der Waals surface area contributed by atoms with Crippen LogP contribution in [-0.2, 0) is 11.3 Å². The topological polar surface area (TPSA) is 99.2 Å². The highest BCUT2D eigenvalue weighted by atomic mass is 16.5. The molecule has 2 atom stereocenters. The molecule has 0 aliphatic carbocycles. The molecule has 0 radical (unpaired) electrons. The molecule has 2 unspecified atom stereocenters. The number of hydrogen-bond acceptors (Lipinski definition) is 6. The van der Waals surface area contributed by atoms with Crippen molar-refractivity contribution in [3.63, 3.8) is 0 Å². The number of ether oxygens (including phenoxy) is 1. The number of nitrogen functional groups attached to an aromatic ring is 1. The van der Waals surface area contributed by atoms with Gasteiger partial charge in [-0.05, 0) is 18.3 Å². The normalized spacial score (nSPS) is 21.6. The fraction of sp³-hybridized carbons (Fsp3) is 0.600. The van der Waals surface area contributed by atoms with Crippen LogP contribution in [0.3, 0.4) is 0 Å². The lowest BCUT2D eigenvalue weighted by molar-refractivity contribution is -0.134. The molecule has 23 heavy (non-hydrogen) atoms. The van der Waals surface area contributed by atoms with E-state index in [-0.39, 0.29) is 18.4 Å². The van der Waals surface area contributed by atoms with Crippen molar-refractivity contribution in [2.75, 3.05) is 25.9 Å². The molecule has 1 fully saturated rings. The number of carbonyl (C=O) groups is 1. The minimum atomic E-state index is 0.0459. The van der Waals surface area contributed by atoms with Gasteiger partial charge in [0.05, 0.1) is 13.3 Å². The van der Waals surface area contributed by atoms with Crippen LogP contribution in [0.4, 0.5) is 5.95 Å². The monoisotopic (exact) mass is 318 g/mol. The lowest BCUT2D eigenvalue weighted by atomic mass is 9.92. The minimum Gasteiger partial charge on any atom is -0.480 e. The first-order valence-electron chi connectivity index (χ1n) is 7.78. The first-order valence-corrected chi connectivity index (χ1v) is 7.78. The zero-order chi connectivity index (χ0) is 16.6. The molecule has 8 heteroatoms. The summed E-state index contributed by atoms with van der Waals surface area (Å²) in [5, 5.41) is 4.90. The number of amides is 1. The Hall–Kier alpha value is -2.38. The van der Waals surface area contributed by atoms with Crippen molar-refractivity contribution in [3.8, 4) is 5.88 Å². The van der Waals surface area contributed by atoms with Crippen molar-refractivity contribution < 1.29 is 9.53 Å². The summed E-state index contributed by atoms with van der Waals surface area (Å²) >= 11 is 0. The maximum absolute atomic E-state index is 12.6. The number of rotatable bonds is 3. The molecule has 1 amide bonds. The van der Waals surface area contributed by atoms with Crippen LogP contribution in [0.5, 0.6) is 5.88 Å². The van der Waals surface area contributed by atoms with Crippen molar-refractivity contribution >= 4 is 22.9 Å². The summed E-state index contributed by atoms with van der Waals surface area (Å²) in [5.74, 6) is 1.56. The molecule has 0 aromatic carbocycles. The molecular formula is C15H22N6O2. The zero-order valence-electron chi connectivity index (χ0n) is 13.7. The largest absolute Gasteiger partial charge is 0.480 e. The quantitative estimate of drug-likeness (QED) is 0.903. The molecule has 3 rings (SSSR count). The summed E-state index contributed by atoms with van der Waals surface area (Å²) in [7, 11) is 1.51. The summed E-state index contributed by atoms with van der Waals surface area (Å²) < 4.78 is 6.75. The van der Waals surface area contributed by atoms with E-state index in [2.05, 4.69) is 28.9 Å². The fourth-order valence-corrected chi connectivity index (χ4v) is 3.31. The Kier molecular flexibility index (Phi) is 4.06. The van der Waals surface area contributed by atoms with Gasteiger partial charge < -0.3 is 15.4 Å². The summed E-state index contributed by atoms with van der Waals surface area (Å²) in [6.45, 7) is 6.09. The van der Waals surface area contributed by atoms with E-state index in [1.165, 1.54) is 7.11 Å². The van der Waals surface area contributed by atoms with Gasteiger partial charge in [0.1, 0.15) is 11.9 Å². The van der Waals surface area contributed by atoms with E-state index in [0.29, 0.717) is 28.7 Å². The molecule has 2 aromatic heterocycles. The molecule has 2 N–H and O–H groups in total. The van der Waals surface area contributed by atoms with Gasteiger partial charge in [0.2, 0.25) is 17.7 Å². The van der Waals surface area contributed by atoms with Crippen molar-refractivity contribution in [1.29, 1.82) is 0 Å². The Bertz CT molecular complexity index is 718. The second-order valence-corrected chi connectivity index (χ2v) is 6.38. The third kappa shape index (κ3) is 3.06. The standard InChI is InChI=1S/C15H22N6O2/c1-9-4-10(2)7-20(6-9)12(22)8-21-13-11(5-17-21)14(23-3)19-15(16)18-13/h5,9-10H,4,6-8H2,1-3H3,(H2,16,18,19). The van der Waals surface area contributed by atoms with E-state index in [1.807, 2.05) is 4.90 Å². The number of methoxy groups -OCH3 is 1. The Morgan fingerprint density at radius 2 is 2.04 bits per heavy atom. The van der Waals surface area contributed by atoms with Crippen LogP contribution >= 0.6 is 0 Å². The third-order valence-electron chi connectivity index (χ3n) is 4.18. The average Bonchev–Trinajstić information content (AvgIpc) is 2.88. The number of fused-ring (bicyclic) bond motifs is 1. The third-order valence-corrected chi connectivity index (χ3v) is 4.18. The fourth-order valence-electron chi connectivity index (χ4n) is 3.31. The van der Waals surface area contributed by atoms with Crippen molar-refractivity contribution in [2.45, 2.75) is 26.8 Å². The van der Waals surface area contributed by atoms with Gasteiger partial charge in [-0.25, -0.2) is 4.68 Å². The van der Waals surface area contributed by atoms with Crippen LogP contribution in [0.1, 0.15) is 20.3 Å². The van der Waals surface area contributed by atoms with Crippen LogP contribution in [0, 0.1) is 11.8 Å². The van der Waals surface area contributed by atoms with E-state index < -0.39 is 0 Å². The van der Waals surface area contributed by atoms with Gasteiger partial charge in [-0.15, -0.1) is 0 Å². The summed E-state index contributed by atoms with van der Waals surface area (Å²) in [6.07, 6.45) is 2.76. The number of nitrogens with two attached hydrogens (primary N) is 1. The van der Waals surface area contributed by atoms with Crippen molar-refractivity contribution in [1.82, 2.24) is 24.6 Å². The van der Waals surface area contributed by atoms with Crippen LogP contribution < -0.4 is 10.5 Å². The van der Waals surface area contributed by atoms with Crippen molar-refractivity contribution in [3.05, 3.63) is 6.20 Å². The Balaban J connectivity index is 1.84. The summed E-state index contributed by atoms with van der Waals surface area (Å²) in [6, 6.07) is 0. The van der Waals surface area contributed by atoms with Gasteiger partial charge in [-0.2, -0.15) is 15.1 Å². The van der Waals surface area contributed by atoms with Gasteiger partial charge in [-0.1, -0.05) is 13.8 Å². The highest BCUT2D eigenvalue weighted by molar-refractivity contribution is 5.83. The van der Waals surface area contributed by atoms with E-state index in [1.54, 1.807) is 10.9 Å². The number of anilines is 1. The zero-order valence-corrected chi connectivity index (χ0v) is 13.7. The van der Waals surface area contributed by atoms with Crippen molar-refractivity contribution in [2.24, 2.45) is 11.8 Å². The van der Waals surface area contributed by atoms with Gasteiger partial charge >= 0.3 is 0 Å². The molecule has 0 bridgehead atoms. The maximum atomic E-state index is 12.6. The van der Waals surface area contributed by atoms with E-state index in [4.69, 9.17) is 10.5 Å². The Morgan fingerprint density at radius 1 is 1.35 bits per heavy atom. The minimum absolute atomic E-state index is 0.0459. The number of hydrogen-bond donors (Lipinski definition) is 1. The average molecular weight is 318 g/mol. The molecule has 0 spiro atoms. The van der Waals surface area contributed by atoms with Gasteiger partial charge in [0, 0.05) is 13.1 Å². The number of nitrogens with zero attached hydrogens (tertiary/aromatic N) is 5. The van der Waals surface area contributed by atoms with E-state index in [9.17, 15) is 4.79 Å². The molecule has 1 aliphatic heterocycles. The number of likely N-dealkylation sites (tertiary alicyclic amines) is 1. The molecule has 1 saturated heterocycles. The molecule has 124 valence electrons. The molecule has 2 aromatic rings. The van der Waals surface area contributed by atoms with E-state index >= 15 is 0 Å². The number of piperidine rings is 1. The second-order valence-electron chi connectivity index (χ2n) is 6.38. The van der Waals surface area contributed by atoms with Crippen LogP contribution in [0.2, 0.25) is 0 Å². The first kappa shape index (κ1) is 15.5. The predicted octanol–water partition coefficient (Wildman–Crippen LogP) is 0.922.